The number of aryl methyl sites for hydroxylation is 1. The van der Waals surface area contributed by atoms with Crippen LogP contribution in [0.15, 0.2) is 28.9 Å². The van der Waals surface area contributed by atoms with Crippen LogP contribution in [0.25, 0.3) is 11.0 Å². The van der Waals surface area contributed by atoms with Gasteiger partial charge in [0.1, 0.15) is 11.3 Å². The third-order valence-corrected chi connectivity index (χ3v) is 2.29. The van der Waals surface area contributed by atoms with Gasteiger partial charge in [-0.2, -0.15) is 0 Å². The average molecular weight is 188 g/mol. The Labute approximate surface area is 84.0 Å². The molecule has 73 valence electrons. The molecule has 0 aromatic carbocycles. The van der Waals surface area contributed by atoms with Crippen molar-refractivity contribution in [1.29, 1.82) is 0 Å². The van der Waals surface area contributed by atoms with Gasteiger partial charge in [-0.15, -0.1) is 0 Å². The van der Waals surface area contributed by atoms with Crippen LogP contribution in [0.4, 0.5) is 0 Å². The number of furan rings is 1. The van der Waals surface area contributed by atoms with Crippen LogP contribution in [0.3, 0.4) is 0 Å². The summed E-state index contributed by atoms with van der Waals surface area (Å²) in [4.78, 5) is 4.05. The number of hydrogen-bond acceptors (Lipinski definition) is 2. The minimum absolute atomic E-state index is 0.935. The van der Waals surface area contributed by atoms with Gasteiger partial charge >= 0.3 is 0 Å². The van der Waals surface area contributed by atoms with E-state index in [9.17, 15) is 0 Å². The van der Waals surface area contributed by atoms with Crippen LogP contribution in [0.2, 0.25) is 0 Å². The normalized spacial score (nSPS) is 10.9. The minimum Gasteiger partial charge on any atom is -0.461 e. The van der Waals surface area contributed by atoms with Gasteiger partial charge in [-0.3, -0.25) is 4.98 Å². The highest BCUT2D eigenvalue weighted by atomic mass is 16.3. The molecule has 2 heteroatoms. The smallest absolute Gasteiger partial charge is 0.137 e. The van der Waals surface area contributed by atoms with Gasteiger partial charge < -0.3 is 4.42 Å². The maximum Gasteiger partial charge on any atom is 0.137 e. The molecule has 0 amide bonds. The largest absolute Gasteiger partial charge is 0.461 e. The molecule has 0 saturated heterocycles. The molecule has 0 bridgehead atoms. The molecule has 2 heterocycles. The minimum atomic E-state index is 0.935. The lowest BCUT2D eigenvalue weighted by Crippen LogP contribution is -1.80. The lowest BCUT2D eigenvalue weighted by molar-refractivity contribution is 0.533. The molecule has 0 aliphatic carbocycles. The van der Waals surface area contributed by atoms with E-state index < -0.39 is 0 Å². The van der Waals surface area contributed by atoms with E-state index in [4.69, 9.17) is 4.42 Å². The Morgan fingerprint density at radius 3 is 3.07 bits per heavy atom. The topological polar surface area (TPSA) is 26.0 Å². The monoisotopic (exact) mass is 188 g/mol. The molecule has 2 rings (SSSR count). The second-order valence-corrected chi connectivity index (χ2v) is 3.44. The highest BCUT2D eigenvalue weighted by Crippen LogP contribution is 2.19. The Morgan fingerprint density at radius 2 is 2.29 bits per heavy atom. The fraction of sp³-hybridized carbons (Fsp3) is 0.333. The Balaban J connectivity index is 2.11. The number of nitrogens with zero attached hydrogens (tertiary/aromatic N) is 1. The highest BCUT2D eigenvalue weighted by Gasteiger charge is 2.02. The summed E-state index contributed by atoms with van der Waals surface area (Å²) in [5, 5.41) is 1.09. The van der Waals surface area contributed by atoms with E-state index in [0.717, 1.165) is 42.4 Å². The van der Waals surface area contributed by atoms with Gasteiger partial charge in [0.25, 0.3) is 0 Å². The first-order valence-corrected chi connectivity index (χ1v) is 5.02. The second kappa shape index (κ2) is 4.27. The van der Waals surface area contributed by atoms with Crippen molar-refractivity contribution in [1.82, 2.24) is 4.98 Å². The first-order chi connectivity index (χ1) is 6.90. The van der Waals surface area contributed by atoms with E-state index in [1.54, 1.807) is 6.20 Å². The maximum atomic E-state index is 5.65. The molecular weight excluding hydrogens is 174 g/mol. The molecule has 2 nitrogen and oxygen atoms in total. The predicted molar refractivity (Wildman–Crippen MR) is 56.9 cm³/mol. The van der Waals surface area contributed by atoms with Crippen molar-refractivity contribution < 1.29 is 4.42 Å². The van der Waals surface area contributed by atoms with Crippen LogP contribution in [0.1, 0.15) is 25.0 Å². The van der Waals surface area contributed by atoms with Crippen molar-refractivity contribution in [2.75, 3.05) is 0 Å². The van der Waals surface area contributed by atoms with E-state index >= 15 is 0 Å². The zero-order valence-corrected chi connectivity index (χ0v) is 8.20. The molecule has 1 radical (unpaired) electrons. The third-order valence-electron chi connectivity index (χ3n) is 2.29. The predicted octanol–water partition coefficient (Wildman–Crippen LogP) is 3.37. The summed E-state index contributed by atoms with van der Waals surface area (Å²) in [5.74, 6) is 1.06. The molecule has 2 aromatic heterocycles. The lowest BCUT2D eigenvalue weighted by Gasteiger charge is -1.93. The number of unbranched alkanes of at least 4 members (excludes halogenated alkanes) is 2. The number of pyridine rings is 1. The zero-order valence-electron chi connectivity index (χ0n) is 8.20. The quantitative estimate of drug-likeness (QED) is 0.687. The SMILES string of the molecule is [CH2]CCCCc1cc2cnccc2o1. The van der Waals surface area contributed by atoms with Gasteiger partial charge in [-0.25, -0.2) is 0 Å². The summed E-state index contributed by atoms with van der Waals surface area (Å²) in [6, 6.07) is 3.98. The molecule has 0 saturated carbocycles. The Morgan fingerprint density at radius 1 is 1.36 bits per heavy atom. The van der Waals surface area contributed by atoms with Gasteiger partial charge in [0, 0.05) is 24.2 Å². The van der Waals surface area contributed by atoms with Crippen LogP contribution >= 0.6 is 0 Å². The molecule has 0 aliphatic rings. The zero-order chi connectivity index (χ0) is 9.80. The van der Waals surface area contributed by atoms with Gasteiger partial charge in [0.05, 0.1) is 0 Å². The summed E-state index contributed by atoms with van der Waals surface area (Å²) in [7, 11) is 0. The molecule has 0 spiro atoms. The van der Waals surface area contributed by atoms with Crippen LogP contribution in [-0.4, -0.2) is 4.98 Å². The van der Waals surface area contributed by atoms with Crippen molar-refractivity contribution in [3.05, 3.63) is 37.2 Å². The molecule has 0 fully saturated rings. The van der Waals surface area contributed by atoms with Crippen molar-refractivity contribution in [3.63, 3.8) is 0 Å². The summed E-state index contributed by atoms with van der Waals surface area (Å²) in [5.41, 5.74) is 0.935. The van der Waals surface area contributed by atoms with Gasteiger partial charge in [-0.05, 0) is 18.6 Å². The fourth-order valence-electron chi connectivity index (χ4n) is 1.54. The van der Waals surface area contributed by atoms with E-state index in [2.05, 4.69) is 18.0 Å². The first kappa shape index (κ1) is 9.25. The van der Waals surface area contributed by atoms with Crippen LogP contribution < -0.4 is 0 Å². The van der Waals surface area contributed by atoms with Gasteiger partial charge in [-0.1, -0.05) is 19.8 Å². The number of rotatable bonds is 4. The number of aromatic nitrogens is 1. The molecule has 2 aromatic rings. The van der Waals surface area contributed by atoms with Crippen LogP contribution in [0.5, 0.6) is 0 Å². The Bertz CT molecular complexity index is 372. The fourth-order valence-corrected chi connectivity index (χ4v) is 1.54. The number of hydrogen-bond donors (Lipinski definition) is 0. The molecule has 0 aliphatic heterocycles. The van der Waals surface area contributed by atoms with Crippen molar-refractivity contribution in [2.24, 2.45) is 0 Å². The van der Waals surface area contributed by atoms with Crippen molar-refractivity contribution >= 4 is 11.0 Å². The second-order valence-electron chi connectivity index (χ2n) is 3.44. The first-order valence-electron chi connectivity index (χ1n) is 5.02. The number of fused-ring (bicyclic) bond motifs is 1. The molecule has 0 unspecified atom stereocenters. The standard InChI is InChI=1S/C12H14NO/c1-2-3-4-5-11-8-10-9-13-7-6-12(10)14-11/h6-9H,1-5H2. The van der Waals surface area contributed by atoms with E-state index in [1.807, 2.05) is 12.3 Å². The highest BCUT2D eigenvalue weighted by molar-refractivity contribution is 5.76. The molecule has 14 heavy (non-hydrogen) atoms. The molecule has 0 atom stereocenters. The summed E-state index contributed by atoms with van der Waals surface area (Å²) >= 11 is 0. The summed E-state index contributed by atoms with van der Waals surface area (Å²) in [6.07, 6.45) is 7.91. The Hall–Kier alpha value is -1.31. The summed E-state index contributed by atoms with van der Waals surface area (Å²) in [6.45, 7) is 3.82. The van der Waals surface area contributed by atoms with Gasteiger partial charge in [0.15, 0.2) is 0 Å². The third kappa shape index (κ3) is 1.95. The van der Waals surface area contributed by atoms with E-state index in [-0.39, 0.29) is 0 Å². The average Bonchev–Trinajstić information content (AvgIpc) is 2.60. The lowest BCUT2D eigenvalue weighted by atomic mass is 10.2. The van der Waals surface area contributed by atoms with Gasteiger partial charge in [0.2, 0.25) is 0 Å². The summed E-state index contributed by atoms with van der Waals surface area (Å²) < 4.78 is 5.65. The van der Waals surface area contributed by atoms with Crippen LogP contribution in [-0.2, 0) is 6.42 Å². The van der Waals surface area contributed by atoms with Crippen molar-refractivity contribution in [2.45, 2.75) is 25.7 Å². The Kier molecular flexibility index (Phi) is 2.82. The maximum absolute atomic E-state index is 5.65. The van der Waals surface area contributed by atoms with E-state index in [0.29, 0.717) is 0 Å². The molecular formula is C12H14NO. The van der Waals surface area contributed by atoms with Crippen molar-refractivity contribution in [3.8, 4) is 0 Å². The van der Waals surface area contributed by atoms with E-state index in [1.165, 1.54) is 0 Å². The molecule has 0 N–H and O–H groups in total. The van der Waals surface area contributed by atoms with Crippen LogP contribution in [0, 0.1) is 6.92 Å².